The average molecular weight is 271 g/mol. The van der Waals surface area contributed by atoms with Crippen LogP contribution in [0.3, 0.4) is 0 Å². The summed E-state index contributed by atoms with van der Waals surface area (Å²) in [6.45, 7) is 0. The number of benzene rings is 2. The van der Waals surface area contributed by atoms with Gasteiger partial charge in [0.1, 0.15) is 5.75 Å². The number of fused-ring (bicyclic) bond motifs is 1. The summed E-state index contributed by atoms with van der Waals surface area (Å²) in [4.78, 5) is 8.91. The summed E-state index contributed by atoms with van der Waals surface area (Å²) in [6, 6.07) is 13.2. The first kappa shape index (κ1) is 11.9. The Bertz CT molecular complexity index is 726. The number of methoxy groups -OCH3 is 1. The van der Waals surface area contributed by atoms with Crippen molar-refractivity contribution in [1.29, 1.82) is 0 Å². The monoisotopic (exact) mass is 270 g/mol. The molecule has 3 rings (SSSR count). The van der Waals surface area contributed by atoms with E-state index in [9.17, 15) is 0 Å². The van der Waals surface area contributed by atoms with Crippen LogP contribution >= 0.6 is 11.6 Å². The molecule has 1 heterocycles. The lowest BCUT2D eigenvalue weighted by atomic mass is 10.2. The smallest absolute Gasteiger partial charge is 0.159 e. The zero-order chi connectivity index (χ0) is 13.2. The van der Waals surface area contributed by atoms with Gasteiger partial charge in [0.15, 0.2) is 5.82 Å². The largest absolute Gasteiger partial charge is 0.497 e. The van der Waals surface area contributed by atoms with Gasteiger partial charge in [0.05, 0.1) is 12.6 Å². The van der Waals surface area contributed by atoms with Gasteiger partial charge >= 0.3 is 0 Å². The molecule has 1 aromatic heterocycles. The van der Waals surface area contributed by atoms with E-state index in [1.807, 2.05) is 42.5 Å². The molecule has 0 aliphatic rings. The van der Waals surface area contributed by atoms with Gasteiger partial charge in [-0.2, -0.15) is 0 Å². The van der Waals surface area contributed by atoms with E-state index in [-0.39, 0.29) is 0 Å². The minimum atomic E-state index is 0.689. The van der Waals surface area contributed by atoms with Gasteiger partial charge in [0, 0.05) is 22.2 Å². The van der Waals surface area contributed by atoms with Gasteiger partial charge in [-0.3, -0.25) is 0 Å². The van der Waals surface area contributed by atoms with Gasteiger partial charge in [-0.05, 0) is 42.5 Å². The molecule has 4 heteroatoms. The van der Waals surface area contributed by atoms with Crippen LogP contribution in [-0.4, -0.2) is 17.1 Å². The SMILES string of the molecule is COc1ccc2nc(-c3ccc(Cl)cc3)ncc2c1. The second-order valence-electron chi connectivity index (χ2n) is 4.13. The first-order valence-electron chi connectivity index (χ1n) is 5.83. The fourth-order valence-corrected chi connectivity index (χ4v) is 2.00. The van der Waals surface area contributed by atoms with Gasteiger partial charge in [-0.1, -0.05) is 11.6 Å². The van der Waals surface area contributed by atoms with Crippen LogP contribution in [0, 0.1) is 0 Å². The van der Waals surface area contributed by atoms with Crippen molar-refractivity contribution in [3.63, 3.8) is 0 Å². The number of ether oxygens (including phenoxy) is 1. The Hall–Kier alpha value is -2.13. The summed E-state index contributed by atoms with van der Waals surface area (Å²) in [5.41, 5.74) is 1.84. The van der Waals surface area contributed by atoms with E-state index in [4.69, 9.17) is 16.3 Å². The molecule has 0 saturated heterocycles. The summed E-state index contributed by atoms with van der Waals surface area (Å²) in [5.74, 6) is 1.49. The maximum Gasteiger partial charge on any atom is 0.159 e. The standard InChI is InChI=1S/C15H11ClN2O/c1-19-13-6-7-14-11(8-13)9-17-15(18-14)10-2-4-12(16)5-3-10/h2-9H,1H3. The molecule has 0 N–H and O–H groups in total. The van der Waals surface area contributed by atoms with Crippen LogP contribution < -0.4 is 4.74 Å². The fourth-order valence-electron chi connectivity index (χ4n) is 1.88. The third kappa shape index (κ3) is 2.37. The molecule has 0 amide bonds. The fraction of sp³-hybridized carbons (Fsp3) is 0.0667. The molecule has 3 nitrogen and oxygen atoms in total. The molecule has 0 fully saturated rings. The van der Waals surface area contributed by atoms with Crippen molar-refractivity contribution in [3.8, 4) is 17.1 Å². The zero-order valence-corrected chi connectivity index (χ0v) is 11.1. The predicted octanol–water partition coefficient (Wildman–Crippen LogP) is 3.96. The maximum absolute atomic E-state index is 5.87. The quantitative estimate of drug-likeness (QED) is 0.707. The van der Waals surface area contributed by atoms with Crippen molar-refractivity contribution in [2.75, 3.05) is 7.11 Å². The first-order chi connectivity index (χ1) is 9.26. The van der Waals surface area contributed by atoms with Crippen molar-refractivity contribution in [2.45, 2.75) is 0 Å². The van der Waals surface area contributed by atoms with E-state index in [0.29, 0.717) is 10.8 Å². The van der Waals surface area contributed by atoms with Crippen molar-refractivity contribution < 1.29 is 4.74 Å². The van der Waals surface area contributed by atoms with Crippen LogP contribution in [0.5, 0.6) is 5.75 Å². The second-order valence-corrected chi connectivity index (χ2v) is 4.56. The number of aromatic nitrogens is 2. The average Bonchev–Trinajstić information content (AvgIpc) is 2.47. The molecule has 3 aromatic rings. The van der Waals surface area contributed by atoms with Gasteiger partial charge in [-0.15, -0.1) is 0 Å². The molecule has 0 aliphatic heterocycles. The highest BCUT2D eigenvalue weighted by molar-refractivity contribution is 6.30. The minimum Gasteiger partial charge on any atom is -0.497 e. The second kappa shape index (κ2) is 4.86. The highest BCUT2D eigenvalue weighted by Crippen LogP contribution is 2.22. The van der Waals surface area contributed by atoms with Crippen molar-refractivity contribution in [1.82, 2.24) is 9.97 Å². The molecule has 19 heavy (non-hydrogen) atoms. The van der Waals surface area contributed by atoms with Crippen LogP contribution in [0.2, 0.25) is 5.02 Å². The van der Waals surface area contributed by atoms with Crippen molar-refractivity contribution >= 4 is 22.5 Å². The molecule has 2 aromatic carbocycles. The number of halogens is 1. The Morgan fingerprint density at radius 1 is 1.05 bits per heavy atom. The summed E-state index contributed by atoms with van der Waals surface area (Å²) >= 11 is 5.87. The Morgan fingerprint density at radius 3 is 2.58 bits per heavy atom. The molecule has 0 saturated carbocycles. The normalized spacial score (nSPS) is 10.6. The highest BCUT2D eigenvalue weighted by Gasteiger charge is 2.04. The van der Waals surface area contributed by atoms with E-state index >= 15 is 0 Å². The van der Waals surface area contributed by atoms with E-state index in [1.165, 1.54) is 0 Å². The Morgan fingerprint density at radius 2 is 1.84 bits per heavy atom. The van der Waals surface area contributed by atoms with Gasteiger partial charge < -0.3 is 4.74 Å². The number of rotatable bonds is 2. The van der Waals surface area contributed by atoms with Gasteiger partial charge in [0.25, 0.3) is 0 Å². The lowest BCUT2D eigenvalue weighted by Crippen LogP contribution is -1.90. The zero-order valence-electron chi connectivity index (χ0n) is 10.3. The van der Waals surface area contributed by atoms with Crippen molar-refractivity contribution in [3.05, 3.63) is 53.7 Å². The number of hydrogen-bond acceptors (Lipinski definition) is 3. The topological polar surface area (TPSA) is 35.0 Å². The summed E-state index contributed by atoms with van der Waals surface area (Å²) in [7, 11) is 1.64. The van der Waals surface area contributed by atoms with E-state index in [2.05, 4.69) is 9.97 Å². The molecular formula is C15H11ClN2O. The molecule has 94 valence electrons. The molecule has 0 unspecified atom stereocenters. The summed E-state index contributed by atoms with van der Waals surface area (Å²) < 4.78 is 5.18. The molecule has 0 spiro atoms. The third-order valence-corrected chi connectivity index (χ3v) is 3.14. The van der Waals surface area contributed by atoms with E-state index in [0.717, 1.165) is 22.2 Å². The van der Waals surface area contributed by atoms with Crippen LogP contribution in [0.25, 0.3) is 22.3 Å². The lowest BCUT2D eigenvalue weighted by Gasteiger charge is -2.04. The molecule has 0 radical (unpaired) electrons. The highest BCUT2D eigenvalue weighted by atomic mass is 35.5. The number of nitrogens with zero attached hydrogens (tertiary/aromatic N) is 2. The Balaban J connectivity index is 2.08. The third-order valence-electron chi connectivity index (χ3n) is 2.89. The molecule has 0 bridgehead atoms. The first-order valence-corrected chi connectivity index (χ1v) is 6.21. The Kier molecular flexibility index (Phi) is 3.05. The molecular weight excluding hydrogens is 260 g/mol. The summed E-state index contributed by atoms with van der Waals surface area (Å²) in [5, 5.41) is 1.66. The van der Waals surface area contributed by atoms with E-state index in [1.54, 1.807) is 13.3 Å². The Labute approximate surface area is 115 Å². The summed E-state index contributed by atoms with van der Waals surface area (Å²) in [6.07, 6.45) is 1.80. The van der Waals surface area contributed by atoms with Crippen LogP contribution in [0.4, 0.5) is 0 Å². The predicted molar refractivity (Wildman–Crippen MR) is 76.5 cm³/mol. The number of hydrogen-bond donors (Lipinski definition) is 0. The minimum absolute atomic E-state index is 0.689. The van der Waals surface area contributed by atoms with Gasteiger partial charge in [0.2, 0.25) is 0 Å². The van der Waals surface area contributed by atoms with Crippen LogP contribution in [0.1, 0.15) is 0 Å². The van der Waals surface area contributed by atoms with Gasteiger partial charge in [-0.25, -0.2) is 9.97 Å². The molecule has 0 aliphatic carbocycles. The van der Waals surface area contributed by atoms with E-state index < -0.39 is 0 Å². The van der Waals surface area contributed by atoms with Crippen molar-refractivity contribution in [2.24, 2.45) is 0 Å². The molecule has 0 atom stereocenters. The maximum atomic E-state index is 5.87. The van der Waals surface area contributed by atoms with Crippen LogP contribution in [0.15, 0.2) is 48.7 Å². The lowest BCUT2D eigenvalue weighted by molar-refractivity contribution is 0.415. The van der Waals surface area contributed by atoms with Crippen LogP contribution in [-0.2, 0) is 0 Å².